The summed E-state index contributed by atoms with van der Waals surface area (Å²) in [6, 6.07) is 6.38. The molecule has 0 unspecified atom stereocenters. The molecule has 4 aliphatic carbocycles. The Morgan fingerprint density at radius 3 is 2.62 bits per heavy atom. The second-order valence-electron chi connectivity index (χ2n) is 9.03. The second-order valence-corrected chi connectivity index (χ2v) is 9.03. The number of aliphatic hydroxyl groups excluding tert-OH is 1. The van der Waals surface area contributed by atoms with E-state index in [1.807, 2.05) is 6.07 Å². The van der Waals surface area contributed by atoms with Gasteiger partial charge in [0, 0.05) is 11.3 Å². The molecule has 3 nitrogen and oxygen atoms in total. The van der Waals surface area contributed by atoms with Gasteiger partial charge in [-0.2, -0.15) is 0 Å². The van der Waals surface area contributed by atoms with Gasteiger partial charge in [0.15, 0.2) is 0 Å². The van der Waals surface area contributed by atoms with Crippen LogP contribution in [0.5, 0.6) is 5.75 Å². The van der Waals surface area contributed by atoms with Gasteiger partial charge in [-0.1, -0.05) is 13.0 Å². The van der Waals surface area contributed by atoms with Crippen molar-refractivity contribution < 1.29 is 14.9 Å². The van der Waals surface area contributed by atoms with Gasteiger partial charge >= 0.3 is 0 Å². The van der Waals surface area contributed by atoms with Crippen LogP contribution in [-0.2, 0) is 6.42 Å². The van der Waals surface area contributed by atoms with Crippen LogP contribution in [0.25, 0.3) is 0 Å². The number of benzene rings is 1. The van der Waals surface area contributed by atoms with Gasteiger partial charge in [-0.25, -0.2) is 0 Å². The quantitative estimate of drug-likeness (QED) is 0.830. The number of aryl methyl sites for hydroxylation is 1. The van der Waals surface area contributed by atoms with Crippen molar-refractivity contribution in [1.82, 2.24) is 0 Å². The van der Waals surface area contributed by atoms with Crippen LogP contribution in [0, 0.1) is 16.7 Å². The Morgan fingerprint density at radius 2 is 1.92 bits per heavy atom. The highest BCUT2D eigenvalue weighted by Gasteiger charge is 2.74. The fourth-order valence-corrected chi connectivity index (χ4v) is 7.45. The number of fused-ring (bicyclic) bond motifs is 3. The third-order valence-corrected chi connectivity index (χ3v) is 8.70. The lowest BCUT2D eigenvalue weighted by Crippen LogP contribution is -2.56. The Labute approximate surface area is 144 Å². The van der Waals surface area contributed by atoms with Gasteiger partial charge in [0.1, 0.15) is 5.75 Å². The maximum Gasteiger partial charge on any atom is 0.119 e. The molecule has 24 heavy (non-hydrogen) atoms. The maximum absolute atomic E-state index is 11.2. The van der Waals surface area contributed by atoms with E-state index >= 15 is 0 Å². The molecule has 2 N–H and O–H groups in total. The van der Waals surface area contributed by atoms with E-state index in [2.05, 4.69) is 19.1 Å². The number of methoxy groups -OCH3 is 1. The topological polar surface area (TPSA) is 49.7 Å². The van der Waals surface area contributed by atoms with E-state index < -0.39 is 5.60 Å². The minimum absolute atomic E-state index is 0.107. The molecule has 0 saturated heterocycles. The summed E-state index contributed by atoms with van der Waals surface area (Å²) in [7, 11) is 1.71. The van der Waals surface area contributed by atoms with Crippen LogP contribution in [0.15, 0.2) is 18.2 Å². The van der Waals surface area contributed by atoms with Crippen LogP contribution in [0.1, 0.15) is 62.5 Å². The predicted molar refractivity (Wildman–Crippen MR) is 92.1 cm³/mol. The number of ether oxygens (including phenoxy) is 1. The molecule has 0 aliphatic heterocycles. The monoisotopic (exact) mass is 328 g/mol. The average Bonchev–Trinajstić information content (AvgIpc) is 2.95. The summed E-state index contributed by atoms with van der Waals surface area (Å²) in [6.45, 7) is 2.27. The first kappa shape index (κ1) is 15.2. The second kappa shape index (κ2) is 4.56. The minimum Gasteiger partial charge on any atom is -0.497 e. The first-order valence-electron chi connectivity index (χ1n) is 9.51. The highest BCUT2D eigenvalue weighted by Crippen LogP contribution is 2.77. The van der Waals surface area contributed by atoms with E-state index in [0.29, 0.717) is 5.92 Å². The van der Waals surface area contributed by atoms with Crippen molar-refractivity contribution in [3.63, 3.8) is 0 Å². The van der Waals surface area contributed by atoms with Gasteiger partial charge in [-0.15, -0.1) is 0 Å². The molecule has 130 valence electrons. The standard InChI is InChI=1S/C21H28O3/c1-19-12-17(22)18-15-5-4-14(24-2)11-13(15)3-6-16(18)20(19)7-9-21(19,23)10-8-20/h4-5,11,16-18,22-23H,3,6-10,12H2,1-2H3/t16-,17-,18-,19+,20?,21?/m1/s1. The summed E-state index contributed by atoms with van der Waals surface area (Å²) in [5.41, 5.74) is 2.26. The normalized spacial score (nSPS) is 48.6. The van der Waals surface area contributed by atoms with Gasteiger partial charge < -0.3 is 14.9 Å². The van der Waals surface area contributed by atoms with Crippen molar-refractivity contribution in [2.45, 2.75) is 69.5 Å². The zero-order valence-electron chi connectivity index (χ0n) is 14.7. The molecule has 0 spiro atoms. The zero-order valence-corrected chi connectivity index (χ0v) is 14.7. The third-order valence-electron chi connectivity index (χ3n) is 8.70. The Hall–Kier alpha value is -1.06. The maximum atomic E-state index is 11.2. The molecule has 2 bridgehead atoms. The van der Waals surface area contributed by atoms with Crippen LogP contribution in [0.2, 0.25) is 0 Å². The summed E-state index contributed by atoms with van der Waals surface area (Å²) in [5.74, 6) is 1.65. The molecule has 1 aromatic rings. The first-order chi connectivity index (χ1) is 11.4. The molecule has 0 radical (unpaired) electrons. The summed E-state index contributed by atoms with van der Waals surface area (Å²) in [5, 5.41) is 22.4. The largest absolute Gasteiger partial charge is 0.497 e. The lowest BCUT2D eigenvalue weighted by molar-refractivity contribution is -0.139. The Kier molecular flexibility index (Phi) is 2.89. The highest BCUT2D eigenvalue weighted by molar-refractivity contribution is 5.43. The number of hydrogen-bond donors (Lipinski definition) is 2. The molecule has 3 fully saturated rings. The Morgan fingerprint density at radius 1 is 1.17 bits per heavy atom. The van der Waals surface area contributed by atoms with Gasteiger partial charge in [0.2, 0.25) is 0 Å². The smallest absolute Gasteiger partial charge is 0.119 e. The fourth-order valence-electron chi connectivity index (χ4n) is 7.45. The van der Waals surface area contributed by atoms with Crippen LogP contribution < -0.4 is 4.74 Å². The number of hydrogen-bond acceptors (Lipinski definition) is 3. The van der Waals surface area contributed by atoms with E-state index in [1.54, 1.807) is 7.11 Å². The molecule has 0 aromatic heterocycles. The molecular formula is C21H28O3. The van der Waals surface area contributed by atoms with Crippen LogP contribution in [-0.4, -0.2) is 29.0 Å². The van der Waals surface area contributed by atoms with E-state index in [9.17, 15) is 10.2 Å². The van der Waals surface area contributed by atoms with Crippen molar-refractivity contribution in [2.75, 3.05) is 7.11 Å². The molecule has 3 saturated carbocycles. The summed E-state index contributed by atoms with van der Waals surface area (Å²) in [4.78, 5) is 0. The van der Waals surface area contributed by atoms with Gasteiger partial charge in [0.05, 0.1) is 18.8 Å². The highest BCUT2D eigenvalue weighted by atomic mass is 16.5. The molecule has 4 atom stereocenters. The predicted octanol–water partition coefficient (Wildman–Crippen LogP) is 3.42. The van der Waals surface area contributed by atoms with E-state index in [1.165, 1.54) is 11.1 Å². The number of aliphatic hydroxyl groups is 2. The van der Waals surface area contributed by atoms with E-state index in [-0.39, 0.29) is 22.9 Å². The zero-order chi connectivity index (χ0) is 16.7. The van der Waals surface area contributed by atoms with Crippen molar-refractivity contribution in [3.8, 4) is 5.75 Å². The average molecular weight is 328 g/mol. The molecular weight excluding hydrogens is 300 g/mol. The van der Waals surface area contributed by atoms with Gasteiger partial charge in [-0.05, 0) is 79.5 Å². The molecule has 3 heteroatoms. The Bertz CT molecular complexity index is 688. The first-order valence-corrected chi connectivity index (χ1v) is 9.51. The lowest BCUT2D eigenvalue weighted by Gasteiger charge is -2.58. The van der Waals surface area contributed by atoms with Gasteiger partial charge in [0.25, 0.3) is 0 Å². The van der Waals surface area contributed by atoms with Crippen molar-refractivity contribution in [1.29, 1.82) is 0 Å². The van der Waals surface area contributed by atoms with Crippen LogP contribution in [0.4, 0.5) is 0 Å². The molecule has 1 aromatic carbocycles. The fraction of sp³-hybridized carbons (Fsp3) is 0.714. The lowest BCUT2D eigenvalue weighted by atomic mass is 9.47. The van der Waals surface area contributed by atoms with Crippen LogP contribution >= 0.6 is 0 Å². The number of rotatable bonds is 1. The molecule has 4 aliphatic rings. The Balaban J connectivity index is 1.63. The van der Waals surface area contributed by atoms with Crippen molar-refractivity contribution >= 4 is 0 Å². The minimum atomic E-state index is -0.543. The van der Waals surface area contributed by atoms with E-state index in [4.69, 9.17) is 4.74 Å². The summed E-state index contributed by atoms with van der Waals surface area (Å²) >= 11 is 0. The third kappa shape index (κ3) is 1.52. The van der Waals surface area contributed by atoms with Crippen LogP contribution in [0.3, 0.4) is 0 Å². The summed E-state index contributed by atoms with van der Waals surface area (Å²) < 4.78 is 5.39. The van der Waals surface area contributed by atoms with Crippen molar-refractivity contribution in [3.05, 3.63) is 29.3 Å². The molecule has 5 rings (SSSR count). The van der Waals surface area contributed by atoms with Crippen molar-refractivity contribution in [2.24, 2.45) is 16.7 Å². The molecule has 0 amide bonds. The SMILES string of the molecule is COc1ccc2c(c1)CC[C@@H]1[C@@H]2[C@H](O)C[C@]2(C)C3(O)CCC12CC3. The van der Waals surface area contributed by atoms with E-state index in [0.717, 1.165) is 50.7 Å². The van der Waals surface area contributed by atoms with Gasteiger partial charge in [-0.3, -0.25) is 0 Å². The summed E-state index contributed by atoms with van der Waals surface area (Å²) in [6.07, 6.45) is 6.73. The molecule has 0 heterocycles.